The van der Waals surface area contributed by atoms with Crippen molar-refractivity contribution in [3.63, 3.8) is 0 Å². The summed E-state index contributed by atoms with van der Waals surface area (Å²) in [5.41, 5.74) is 3.34. The molecule has 1 heterocycles. The molecule has 1 N–H and O–H groups in total. The zero-order valence-electron chi connectivity index (χ0n) is 13.3. The van der Waals surface area contributed by atoms with Crippen LogP contribution in [0.3, 0.4) is 0 Å². The second-order valence-electron chi connectivity index (χ2n) is 5.65. The number of halogens is 1. The van der Waals surface area contributed by atoms with Gasteiger partial charge in [0.15, 0.2) is 0 Å². The third-order valence-corrected chi connectivity index (χ3v) is 3.83. The van der Waals surface area contributed by atoms with E-state index in [1.807, 2.05) is 26.8 Å². The van der Waals surface area contributed by atoms with E-state index < -0.39 is 0 Å². The average Bonchev–Trinajstić information content (AvgIpc) is 2.77. The highest BCUT2D eigenvalue weighted by Crippen LogP contribution is 2.26. The third kappa shape index (κ3) is 3.94. The largest absolute Gasteiger partial charge is 0.466 e. The molecule has 1 atom stereocenters. The Morgan fingerprint density at radius 1 is 1.19 bits per heavy atom. The van der Waals surface area contributed by atoms with Crippen molar-refractivity contribution in [2.75, 3.05) is 6.54 Å². The van der Waals surface area contributed by atoms with Crippen LogP contribution in [0.2, 0.25) is 0 Å². The molecule has 0 aliphatic rings. The van der Waals surface area contributed by atoms with Crippen molar-refractivity contribution >= 4 is 0 Å². The summed E-state index contributed by atoms with van der Waals surface area (Å²) in [5.74, 6) is 1.68. The summed E-state index contributed by atoms with van der Waals surface area (Å²) < 4.78 is 19.1. The van der Waals surface area contributed by atoms with Crippen molar-refractivity contribution in [2.45, 2.75) is 46.6 Å². The molecule has 1 unspecified atom stereocenters. The van der Waals surface area contributed by atoms with Gasteiger partial charge in [-0.25, -0.2) is 4.39 Å². The van der Waals surface area contributed by atoms with Crippen LogP contribution in [0.15, 0.2) is 28.7 Å². The molecule has 114 valence electrons. The maximum Gasteiger partial charge on any atom is 0.123 e. The number of furan rings is 1. The fraction of sp³-hybridized carbons (Fsp3) is 0.444. The second kappa shape index (κ2) is 6.90. The fourth-order valence-electron chi connectivity index (χ4n) is 2.69. The Morgan fingerprint density at radius 2 is 1.95 bits per heavy atom. The van der Waals surface area contributed by atoms with Gasteiger partial charge in [0.1, 0.15) is 17.3 Å². The number of aryl methyl sites for hydroxylation is 3. The first-order chi connectivity index (χ1) is 10.0. The van der Waals surface area contributed by atoms with Crippen molar-refractivity contribution in [1.29, 1.82) is 0 Å². The minimum atomic E-state index is -0.176. The summed E-state index contributed by atoms with van der Waals surface area (Å²) in [6.07, 6.45) is 1.83. The molecule has 0 saturated carbocycles. The molecular weight excluding hydrogens is 265 g/mol. The molecule has 3 heteroatoms. The average molecular weight is 289 g/mol. The lowest BCUT2D eigenvalue weighted by atomic mass is 9.96. The first-order valence-electron chi connectivity index (χ1n) is 7.56. The van der Waals surface area contributed by atoms with E-state index in [4.69, 9.17) is 4.42 Å². The first kappa shape index (κ1) is 15.8. The van der Waals surface area contributed by atoms with Crippen molar-refractivity contribution < 1.29 is 8.81 Å². The Balaban J connectivity index is 2.28. The predicted molar refractivity (Wildman–Crippen MR) is 84.1 cm³/mol. The second-order valence-corrected chi connectivity index (χ2v) is 5.65. The summed E-state index contributed by atoms with van der Waals surface area (Å²) in [4.78, 5) is 0. The normalized spacial score (nSPS) is 12.6. The molecule has 0 aliphatic heterocycles. The molecule has 0 spiro atoms. The van der Waals surface area contributed by atoms with Crippen molar-refractivity contribution in [2.24, 2.45) is 0 Å². The van der Waals surface area contributed by atoms with Crippen LogP contribution in [0.25, 0.3) is 0 Å². The Morgan fingerprint density at radius 3 is 2.57 bits per heavy atom. The lowest BCUT2D eigenvalue weighted by molar-refractivity contribution is 0.479. The molecule has 0 saturated heterocycles. The van der Waals surface area contributed by atoms with Gasteiger partial charge in [0.25, 0.3) is 0 Å². The van der Waals surface area contributed by atoms with Gasteiger partial charge in [0.2, 0.25) is 0 Å². The summed E-state index contributed by atoms with van der Waals surface area (Å²) in [6, 6.07) is 7.23. The van der Waals surface area contributed by atoms with E-state index in [1.165, 1.54) is 11.6 Å². The van der Waals surface area contributed by atoms with Crippen molar-refractivity contribution in [3.05, 3.63) is 58.3 Å². The number of benzene rings is 1. The van der Waals surface area contributed by atoms with Gasteiger partial charge in [0, 0.05) is 11.6 Å². The summed E-state index contributed by atoms with van der Waals surface area (Å²) in [5, 5.41) is 3.55. The van der Waals surface area contributed by atoms with Gasteiger partial charge in [-0.3, -0.25) is 0 Å². The molecule has 2 nitrogen and oxygen atoms in total. The van der Waals surface area contributed by atoms with Gasteiger partial charge in [-0.1, -0.05) is 13.0 Å². The van der Waals surface area contributed by atoms with Crippen LogP contribution in [0, 0.1) is 26.6 Å². The fourth-order valence-corrected chi connectivity index (χ4v) is 2.69. The Bertz CT molecular complexity index is 603. The Kier molecular flexibility index (Phi) is 5.18. The monoisotopic (exact) mass is 289 g/mol. The minimum absolute atomic E-state index is 0.155. The first-order valence-corrected chi connectivity index (χ1v) is 7.56. The van der Waals surface area contributed by atoms with Crippen LogP contribution >= 0.6 is 0 Å². The van der Waals surface area contributed by atoms with Crippen LogP contribution in [-0.4, -0.2) is 6.54 Å². The van der Waals surface area contributed by atoms with E-state index in [0.717, 1.165) is 42.0 Å². The molecule has 1 aromatic heterocycles. The third-order valence-electron chi connectivity index (χ3n) is 3.83. The molecular formula is C18H24FNO. The Labute approximate surface area is 126 Å². The van der Waals surface area contributed by atoms with Gasteiger partial charge < -0.3 is 9.73 Å². The molecule has 0 radical (unpaired) electrons. The molecule has 2 aromatic rings. The maximum absolute atomic E-state index is 13.5. The van der Waals surface area contributed by atoms with Crippen LogP contribution < -0.4 is 5.32 Å². The van der Waals surface area contributed by atoms with E-state index in [-0.39, 0.29) is 11.9 Å². The number of nitrogens with one attached hydrogen (secondary N) is 1. The van der Waals surface area contributed by atoms with Crippen LogP contribution in [0.4, 0.5) is 4.39 Å². The van der Waals surface area contributed by atoms with Crippen LogP contribution in [0.1, 0.15) is 47.6 Å². The van der Waals surface area contributed by atoms with E-state index in [2.05, 4.69) is 18.3 Å². The SMILES string of the molecule is CCCNC(Cc1cc(F)ccc1C)c1cc(C)oc1C. The summed E-state index contributed by atoms with van der Waals surface area (Å²) in [6.45, 7) is 9.05. The van der Waals surface area contributed by atoms with E-state index in [9.17, 15) is 4.39 Å². The molecule has 0 fully saturated rings. The van der Waals surface area contributed by atoms with Crippen LogP contribution in [0.5, 0.6) is 0 Å². The van der Waals surface area contributed by atoms with Crippen molar-refractivity contribution in [3.8, 4) is 0 Å². The lowest BCUT2D eigenvalue weighted by Gasteiger charge is -2.19. The van der Waals surface area contributed by atoms with Crippen LogP contribution in [-0.2, 0) is 6.42 Å². The Hall–Kier alpha value is -1.61. The smallest absolute Gasteiger partial charge is 0.123 e. The van der Waals surface area contributed by atoms with Crippen molar-refractivity contribution in [1.82, 2.24) is 5.32 Å². The van der Waals surface area contributed by atoms with Gasteiger partial charge >= 0.3 is 0 Å². The van der Waals surface area contributed by atoms with E-state index >= 15 is 0 Å². The van der Waals surface area contributed by atoms with Gasteiger partial charge in [0.05, 0.1) is 0 Å². The predicted octanol–water partition coefficient (Wildman–Crippen LogP) is 4.63. The number of hydrogen-bond acceptors (Lipinski definition) is 2. The maximum atomic E-state index is 13.5. The van der Waals surface area contributed by atoms with E-state index in [1.54, 1.807) is 6.07 Å². The lowest BCUT2D eigenvalue weighted by Crippen LogP contribution is -2.24. The number of rotatable bonds is 6. The standard InChI is InChI=1S/C18H24FNO/c1-5-8-20-18(17-9-13(3)21-14(17)4)11-15-10-16(19)7-6-12(15)2/h6-7,9-10,18,20H,5,8,11H2,1-4H3. The molecule has 2 rings (SSSR count). The zero-order chi connectivity index (χ0) is 15.4. The molecule has 0 aliphatic carbocycles. The molecule has 0 bridgehead atoms. The molecule has 1 aromatic carbocycles. The molecule has 21 heavy (non-hydrogen) atoms. The van der Waals surface area contributed by atoms with E-state index in [0.29, 0.717) is 0 Å². The van der Waals surface area contributed by atoms with Gasteiger partial charge in [-0.2, -0.15) is 0 Å². The quantitative estimate of drug-likeness (QED) is 0.839. The highest BCUT2D eigenvalue weighted by atomic mass is 19.1. The minimum Gasteiger partial charge on any atom is -0.466 e. The number of hydrogen-bond donors (Lipinski definition) is 1. The topological polar surface area (TPSA) is 25.2 Å². The summed E-state index contributed by atoms with van der Waals surface area (Å²) >= 11 is 0. The highest BCUT2D eigenvalue weighted by molar-refractivity contribution is 5.31. The summed E-state index contributed by atoms with van der Waals surface area (Å²) in [7, 11) is 0. The zero-order valence-corrected chi connectivity index (χ0v) is 13.3. The highest BCUT2D eigenvalue weighted by Gasteiger charge is 2.18. The van der Waals surface area contributed by atoms with Gasteiger partial charge in [-0.15, -0.1) is 0 Å². The molecule has 0 amide bonds. The van der Waals surface area contributed by atoms with Gasteiger partial charge in [-0.05, 0) is 69.5 Å².